The maximum Gasteiger partial charge on any atom is 0.335 e. The normalized spacial score (nSPS) is 11.1. The standard InChI is InChI=1S/C13H12N2O4S/c1-20(18,19)15-11-4-2-3-9(7-11)12-8-10(13(16)17)5-6-14-12/h2-8,15H,1H3,(H,16,17). The number of pyridine rings is 1. The van der Waals surface area contributed by atoms with Crippen LogP contribution in [-0.4, -0.2) is 30.7 Å². The lowest BCUT2D eigenvalue weighted by atomic mass is 10.1. The number of sulfonamides is 1. The van der Waals surface area contributed by atoms with Crippen molar-refractivity contribution in [3.63, 3.8) is 0 Å². The molecule has 20 heavy (non-hydrogen) atoms. The van der Waals surface area contributed by atoms with Gasteiger partial charge in [-0.15, -0.1) is 0 Å². The van der Waals surface area contributed by atoms with E-state index >= 15 is 0 Å². The second-order valence-corrected chi connectivity index (χ2v) is 5.94. The van der Waals surface area contributed by atoms with Gasteiger partial charge in [-0.1, -0.05) is 12.1 Å². The molecule has 6 nitrogen and oxygen atoms in total. The number of anilines is 1. The number of hydrogen-bond acceptors (Lipinski definition) is 4. The first-order chi connectivity index (χ1) is 9.35. The Morgan fingerprint density at radius 3 is 2.65 bits per heavy atom. The van der Waals surface area contributed by atoms with E-state index in [4.69, 9.17) is 5.11 Å². The third kappa shape index (κ3) is 3.55. The molecule has 2 aromatic rings. The number of nitrogens with zero attached hydrogens (tertiary/aromatic N) is 1. The van der Waals surface area contributed by atoms with Crippen molar-refractivity contribution in [2.24, 2.45) is 0 Å². The molecule has 1 aromatic carbocycles. The van der Waals surface area contributed by atoms with Crippen LogP contribution in [0.15, 0.2) is 42.6 Å². The quantitative estimate of drug-likeness (QED) is 0.896. The van der Waals surface area contributed by atoms with Gasteiger partial charge >= 0.3 is 5.97 Å². The molecule has 2 rings (SSSR count). The van der Waals surface area contributed by atoms with Crippen molar-refractivity contribution in [3.05, 3.63) is 48.2 Å². The summed E-state index contributed by atoms with van der Waals surface area (Å²) < 4.78 is 24.7. The number of rotatable bonds is 4. The number of aromatic nitrogens is 1. The molecule has 104 valence electrons. The molecule has 7 heteroatoms. The van der Waals surface area contributed by atoms with Crippen LogP contribution >= 0.6 is 0 Å². The first-order valence-corrected chi connectivity index (χ1v) is 7.52. The largest absolute Gasteiger partial charge is 0.478 e. The summed E-state index contributed by atoms with van der Waals surface area (Å²) in [5.41, 5.74) is 1.60. The number of hydrogen-bond donors (Lipinski definition) is 2. The first-order valence-electron chi connectivity index (χ1n) is 5.63. The predicted molar refractivity (Wildman–Crippen MR) is 75.1 cm³/mol. The summed E-state index contributed by atoms with van der Waals surface area (Å²) in [5, 5.41) is 8.94. The molecular weight excluding hydrogens is 280 g/mol. The van der Waals surface area contributed by atoms with Crippen molar-refractivity contribution in [3.8, 4) is 11.3 Å². The van der Waals surface area contributed by atoms with Gasteiger partial charge in [0, 0.05) is 17.4 Å². The van der Waals surface area contributed by atoms with Crippen molar-refractivity contribution in [1.29, 1.82) is 0 Å². The summed E-state index contributed by atoms with van der Waals surface area (Å²) in [4.78, 5) is 15.0. The molecule has 0 atom stereocenters. The van der Waals surface area contributed by atoms with Gasteiger partial charge in [-0.25, -0.2) is 13.2 Å². The van der Waals surface area contributed by atoms with Gasteiger partial charge in [0.2, 0.25) is 10.0 Å². The minimum Gasteiger partial charge on any atom is -0.478 e. The van der Waals surface area contributed by atoms with Crippen LogP contribution in [0.4, 0.5) is 5.69 Å². The third-order valence-corrected chi connectivity index (χ3v) is 3.07. The van der Waals surface area contributed by atoms with Crippen LogP contribution in [0.3, 0.4) is 0 Å². The molecule has 1 aromatic heterocycles. The third-order valence-electron chi connectivity index (χ3n) is 2.47. The van der Waals surface area contributed by atoms with Gasteiger partial charge in [0.15, 0.2) is 0 Å². The Morgan fingerprint density at radius 2 is 2.00 bits per heavy atom. The van der Waals surface area contributed by atoms with E-state index in [1.807, 2.05) is 0 Å². The average Bonchev–Trinajstić information content (AvgIpc) is 2.37. The highest BCUT2D eigenvalue weighted by Gasteiger charge is 2.08. The highest BCUT2D eigenvalue weighted by molar-refractivity contribution is 7.92. The highest BCUT2D eigenvalue weighted by atomic mass is 32.2. The van der Waals surface area contributed by atoms with E-state index in [0.29, 0.717) is 16.9 Å². The molecule has 0 aliphatic rings. The van der Waals surface area contributed by atoms with Crippen molar-refractivity contribution in [2.45, 2.75) is 0 Å². The summed E-state index contributed by atoms with van der Waals surface area (Å²) in [6.07, 6.45) is 2.46. The lowest BCUT2D eigenvalue weighted by molar-refractivity contribution is 0.0697. The molecule has 2 N–H and O–H groups in total. The molecule has 0 spiro atoms. The maximum atomic E-state index is 11.2. The zero-order valence-electron chi connectivity index (χ0n) is 10.6. The fourth-order valence-corrected chi connectivity index (χ4v) is 2.23. The van der Waals surface area contributed by atoms with Crippen LogP contribution in [0.1, 0.15) is 10.4 Å². The van der Waals surface area contributed by atoms with Gasteiger partial charge in [0.05, 0.1) is 17.5 Å². The van der Waals surface area contributed by atoms with Gasteiger partial charge < -0.3 is 5.11 Å². The van der Waals surface area contributed by atoms with Gasteiger partial charge in [0.1, 0.15) is 0 Å². The Balaban J connectivity index is 2.41. The average molecular weight is 292 g/mol. The number of carboxylic acid groups (broad SMARTS) is 1. The Bertz CT molecular complexity index is 756. The summed E-state index contributed by atoms with van der Waals surface area (Å²) in [7, 11) is -3.36. The van der Waals surface area contributed by atoms with E-state index < -0.39 is 16.0 Å². The van der Waals surface area contributed by atoms with Gasteiger partial charge in [0.25, 0.3) is 0 Å². The number of benzene rings is 1. The molecule has 0 amide bonds. The molecule has 0 saturated carbocycles. The molecule has 0 aliphatic heterocycles. The molecule has 0 unspecified atom stereocenters. The van der Waals surface area contributed by atoms with E-state index in [9.17, 15) is 13.2 Å². The fraction of sp³-hybridized carbons (Fsp3) is 0.0769. The monoisotopic (exact) mass is 292 g/mol. The van der Waals surface area contributed by atoms with Crippen molar-refractivity contribution in [1.82, 2.24) is 4.98 Å². The van der Waals surface area contributed by atoms with E-state index in [1.54, 1.807) is 24.3 Å². The number of nitrogens with one attached hydrogen (secondary N) is 1. The fourth-order valence-electron chi connectivity index (χ4n) is 1.68. The maximum absolute atomic E-state index is 11.2. The van der Waals surface area contributed by atoms with Crippen molar-refractivity contribution < 1.29 is 18.3 Å². The Morgan fingerprint density at radius 1 is 1.25 bits per heavy atom. The second-order valence-electron chi connectivity index (χ2n) is 4.19. The SMILES string of the molecule is CS(=O)(=O)Nc1cccc(-c2cc(C(=O)O)ccn2)c1. The van der Waals surface area contributed by atoms with Crippen molar-refractivity contribution in [2.75, 3.05) is 11.0 Å². The summed E-state index contributed by atoms with van der Waals surface area (Å²) in [6.45, 7) is 0. The molecular formula is C13H12N2O4S. The van der Waals surface area contributed by atoms with Crippen LogP contribution in [0.2, 0.25) is 0 Å². The smallest absolute Gasteiger partial charge is 0.335 e. The highest BCUT2D eigenvalue weighted by Crippen LogP contribution is 2.22. The van der Waals surface area contributed by atoms with Crippen LogP contribution < -0.4 is 4.72 Å². The molecule has 0 bridgehead atoms. The van der Waals surface area contributed by atoms with Crippen LogP contribution in [-0.2, 0) is 10.0 Å². The lowest BCUT2D eigenvalue weighted by Gasteiger charge is -2.06. The number of carbonyl (C=O) groups is 1. The second kappa shape index (κ2) is 5.30. The van der Waals surface area contributed by atoms with Gasteiger partial charge in [-0.2, -0.15) is 0 Å². The van der Waals surface area contributed by atoms with E-state index in [-0.39, 0.29) is 5.56 Å². The van der Waals surface area contributed by atoms with E-state index in [0.717, 1.165) is 6.26 Å². The number of carboxylic acids is 1. The van der Waals surface area contributed by atoms with Gasteiger partial charge in [-0.05, 0) is 24.3 Å². The minimum absolute atomic E-state index is 0.122. The Hall–Kier alpha value is -2.41. The van der Waals surface area contributed by atoms with E-state index in [2.05, 4.69) is 9.71 Å². The molecule has 0 radical (unpaired) electrons. The van der Waals surface area contributed by atoms with Gasteiger partial charge in [-0.3, -0.25) is 9.71 Å². The van der Waals surface area contributed by atoms with Crippen LogP contribution in [0, 0.1) is 0 Å². The molecule has 0 saturated heterocycles. The van der Waals surface area contributed by atoms with Crippen LogP contribution in [0.25, 0.3) is 11.3 Å². The first kappa shape index (κ1) is 14.0. The Kier molecular flexibility index (Phi) is 3.71. The lowest BCUT2D eigenvalue weighted by Crippen LogP contribution is -2.09. The number of aromatic carboxylic acids is 1. The predicted octanol–water partition coefficient (Wildman–Crippen LogP) is 1.82. The van der Waals surface area contributed by atoms with Crippen molar-refractivity contribution >= 4 is 21.7 Å². The molecule has 0 fully saturated rings. The molecule has 0 aliphatic carbocycles. The van der Waals surface area contributed by atoms with E-state index in [1.165, 1.54) is 18.3 Å². The zero-order chi connectivity index (χ0) is 14.8. The zero-order valence-corrected chi connectivity index (χ0v) is 11.4. The minimum atomic E-state index is -3.36. The molecule has 1 heterocycles. The Labute approximate surface area is 116 Å². The summed E-state index contributed by atoms with van der Waals surface area (Å²) in [6, 6.07) is 9.41. The van der Waals surface area contributed by atoms with Crippen LogP contribution in [0.5, 0.6) is 0 Å². The topological polar surface area (TPSA) is 96.4 Å². The summed E-state index contributed by atoms with van der Waals surface area (Å²) in [5.74, 6) is -1.04. The summed E-state index contributed by atoms with van der Waals surface area (Å²) >= 11 is 0.